The van der Waals surface area contributed by atoms with Crippen molar-refractivity contribution in [2.75, 3.05) is 37.7 Å². The molecule has 1 atom stereocenters. The molecule has 5 heteroatoms. The normalized spacial score (nSPS) is 21.8. The Hall–Kier alpha value is -1.36. The van der Waals surface area contributed by atoms with Gasteiger partial charge in [0.2, 0.25) is 5.95 Å². The maximum atomic E-state index is 5.50. The zero-order chi connectivity index (χ0) is 10.7. The van der Waals surface area contributed by atoms with Crippen LogP contribution in [0, 0.1) is 5.92 Å². The van der Waals surface area contributed by atoms with Crippen molar-refractivity contribution in [2.24, 2.45) is 5.92 Å². The second-order valence-corrected chi connectivity index (χ2v) is 4.14. The predicted octanol–water partition coefficient (Wildman–Crippen LogP) is 0.422. The van der Waals surface area contributed by atoms with Crippen molar-refractivity contribution >= 4 is 11.6 Å². The van der Waals surface area contributed by atoms with E-state index in [1.807, 2.05) is 0 Å². The summed E-state index contributed by atoms with van der Waals surface area (Å²) in [5, 5.41) is 3.23. The molecule has 1 aromatic heterocycles. The Labute approximate surface area is 89.7 Å². The first-order valence-electron chi connectivity index (χ1n) is 5.24. The van der Waals surface area contributed by atoms with Crippen LogP contribution in [0.2, 0.25) is 0 Å². The van der Waals surface area contributed by atoms with Gasteiger partial charge in [-0.25, -0.2) is 9.97 Å². The molecule has 0 spiro atoms. The van der Waals surface area contributed by atoms with Gasteiger partial charge in [0.1, 0.15) is 0 Å². The van der Waals surface area contributed by atoms with Crippen molar-refractivity contribution in [1.82, 2.24) is 14.9 Å². The minimum atomic E-state index is 0.598. The Bertz CT molecular complexity index is 310. The van der Waals surface area contributed by atoms with Crippen LogP contribution >= 0.6 is 0 Å². The number of hydrogen-bond donors (Lipinski definition) is 2. The zero-order valence-corrected chi connectivity index (χ0v) is 8.98. The van der Waals surface area contributed by atoms with Crippen LogP contribution < -0.4 is 11.1 Å². The highest BCUT2D eigenvalue weighted by Gasteiger charge is 2.18. The molecule has 1 aliphatic heterocycles. The molecule has 0 bridgehead atoms. The molecule has 2 rings (SSSR count). The van der Waals surface area contributed by atoms with Gasteiger partial charge < -0.3 is 16.0 Å². The third-order valence-electron chi connectivity index (χ3n) is 2.71. The summed E-state index contributed by atoms with van der Waals surface area (Å²) in [6.45, 7) is 3.28. The number of hydrogen-bond acceptors (Lipinski definition) is 5. The minimum absolute atomic E-state index is 0.598. The molecule has 82 valence electrons. The van der Waals surface area contributed by atoms with E-state index in [1.165, 1.54) is 13.0 Å². The Morgan fingerprint density at radius 3 is 2.87 bits per heavy atom. The number of nitrogen functional groups attached to an aromatic ring is 1. The molecule has 0 amide bonds. The van der Waals surface area contributed by atoms with Crippen molar-refractivity contribution in [3.63, 3.8) is 0 Å². The molecule has 1 fully saturated rings. The molecule has 1 aromatic rings. The quantitative estimate of drug-likeness (QED) is 0.752. The van der Waals surface area contributed by atoms with Crippen molar-refractivity contribution in [3.8, 4) is 0 Å². The summed E-state index contributed by atoms with van der Waals surface area (Å²) in [7, 11) is 2.15. The van der Waals surface area contributed by atoms with Gasteiger partial charge >= 0.3 is 0 Å². The van der Waals surface area contributed by atoms with E-state index in [0.29, 0.717) is 17.6 Å². The van der Waals surface area contributed by atoms with Gasteiger partial charge in [-0.2, -0.15) is 0 Å². The van der Waals surface area contributed by atoms with Crippen LogP contribution in [0.25, 0.3) is 0 Å². The number of rotatable bonds is 3. The smallest absolute Gasteiger partial charge is 0.222 e. The van der Waals surface area contributed by atoms with E-state index in [9.17, 15) is 0 Å². The summed E-state index contributed by atoms with van der Waals surface area (Å²) in [4.78, 5) is 10.5. The van der Waals surface area contributed by atoms with Gasteiger partial charge in [-0.15, -0.1) is 0 Å². The van der Waals surface area contributed by atoms with Crippen molar-refractivity contribution in [1.29, 1.82) is 0 Å². The summed E-state index contributed by atoms with van der Waals surface area (Å²) in [5.41, 5.74) is 6.10. The summed E-state index contributed by atoms with van der Waals surface area (Å²) in [6, 6.07) is 0. The number of aromatic nitrogens is 2. The molecule has 1 saturated heterocycles. The Morgan fingerprint density at radius 1 is 1.53 bits per heavy atom. The van der Waals surface area contributed by atoms with Gasteiger partial charge in [-0.05, 0) is 25.9 Å². The largest absolute Gasteiger partial charge is 0.396 e. The highest BCUT2D eigenvalue weighted by Crippen LogP contribution is 2.14. The third-order valence-corrected chi connectivity index (χ3v) is 2.71. The first-order chi connectivity index (χ1) is 7.24. The molecule has 0 saturated carbocycles. The van der Waals surface area contributed by atoms with E-state index in [1.54, 1.807) is 12.4 Å². The molecular formula is C10H17N5. The first kappa shape index (κ1) is 10.2. The van der Waals surface area contributed by atoms with Crippen LogP contribution in [0.4, 0.5) is 11.6 Å². The van der Waals surface area contributed by atoms with E-state index >= 15 is 0 Å². The standard InChI is InChI=1S/C10H17N5/c1-15-3-2-8(7-15)4-12-10-13-5-9(11)6-14-10/h5-6,8H,2-4,7,11H2,1H3,(H,12,13,14). The van der Waals surface area contributed by atoms with Crippen LogP contribution in [-0.4, -0.2) is 41.5 Å². The fourth-order valence-electron chi connectivity index (χ4n) is 1.86. The van der Waals surface area contributed by atoms with Crippen molar-refractivity contribution in [2.45, 2.75) is 6.42 Å². The van der Waals surface area contributed by atoms with Crippen LogP contribution in [0.3, 0.4) is 0 Å². The highest BCUT2D eigenvalue weighted by molar-refractivity contribution is 5.35. The van der Waals surface area contributed by atoms with Crippen molar-refractivity contribution < 1.29 is 0 Å². The van der Waals surface area contributed by atoms with Gasteiger partial charge in [-0.1, -0.05) is 0 Å². The maximum absolute atomic E-state index is 5.50. The lowest BCUT2D eigenvalue weighted by Gasteiger charge is -2.11. The van der Waals surface area contributed by atoms with E-state index in [-0.39, 0.29) is 0 Å². The van der Waals surface area contributed by atoms with E-state index in [0.717, 1.165) is 13.1 Å². The number of nitrogens with one attached hydrogen (secondary N) is 1. The van der Waals surface area contributed by atoms with E-state index in [4.69, 9.17) is 5.73 Å². The van der Waals surface area contributed by atoms with Crippen LogP contribution in [0.5, 0.6) is 0 Å². The number of nitrogens with two attached hydrogens (primary N) is 1. The number of anilines is 2. The molecule has 3 N–H and O–H groups in total. The average molecular weight is 207 g/mol. The van der Waals surface area contributed by atoms with Gasteiger partial charge in [0.05, 0.1) is 18.1 Å². The molecule has 5 nitrogen and oxygen atoms in total. The summed E-state index contributed by atoms with van der Waals surface area (Å²) < 4.78 is 0. The Balaban J connectivity index is 1.80. The van der Waals surface area contributed by atoms with Gasteiger partial charge in [0.15, 0.2) is 0 Å². The van der Waals surface area contributed by atoms with Gasteiger partial charge in [0.25, 0.3) is 0 Å². The Kier molecular flexibility index (Phi) is 3.01. The highest BCUT2D eigenvalue weighted by atomic mass is 15.1. The molecular weight excluding hydrogens is 190 g/mol. The lowest BCUT2D eigenvalue weighted by Crippen LogP contribution is -2.19. The van der Waals surface area contributed by atoms with Crippen LogP contribution in [0.1, 0.15) is 6.42 Å². The monoisotopic (exact) mass is 207 g/mol. The first-order valence-corrected chi connectivity index (χ1v) is 5.24. The van der Waals surface area contributed by atoms with Crippen LogP contribution in [0.15, 0.2) is 12.4 Å². The van der Waals surface area contributed by atoms with E-state index < -0.39 is 0 Å². The molecule has 1 aliphatic rings. The second-order valence-electron chi connectivity index (χ2n) is 4.14. The SMILES string of the molecule is CN1CCC(CNc2ncc(N)cn2)C1. The molecule has 0 aliphatic carbocycles. The number of likely N-dealkylation sites (tertiary alicyclic amines) is 1. The van der Waals surface area contributed by atoms with Crippen LogP contribution in [-0.2, 0) is 0 Å². The summed E-state index contributed by atoms with van der Waals surface area (Å²) in [6.07, 6.45) is 4.49. The summed E-state index contributed by atoms with van der Waals surface area (Å²) in [5.74, 6) is 1.37. The molecule has 0 radical (unpaired) electrons. The van der Waals surface area contributed by atoms with Gasteiger partial charge in [0, 0.05) is 13.1 Å². The molecule has 15 heavy (non-hydrogen) atoms. The average Bonchev–Trinajstić information content (AvgIpc) is 2.64. The Morgan fingerprint density at radius 2 is 2.27 bits per heavy atom. The predicted molar refractivity (Wildman–Crippen MR) is 60.5 cm³/mol. The number of nitrogens with zero attached hydrogens (tertiary/aromatic N) is 3. The van der Waals surface area contributed by atoms with Gasteiger partial charge in [-0.3, -0.25) is 0 Å². The minimum Gasteiger partial charge on any atom is -0.396 e. The van der Waals surface area contributed by atoms with Crippen molar-refractivity contribution in [3.05, 3.63) is 12.4 Å². The molecule has 0 aromatic carbocycles. The molecule has 1 unspecified atom stereocenters. The maximum Gasteiger partial charge on any atom is 0.222 e. The fourth-order valence-corrected chi connectivity index (χ4v) is 1.86. The lowest BCUT2D eigenvalue weighted by atomic mass is 10.1. The second kappa shape index (κ2) is 4.44. The topological polar surface area (TPSA) is 67.1 Å². The summed E-state index contributed by atoms with van der Waals surface area (Å²) >= 11 is 0. The van der Waals surface area contributed by atoms with E-state index in [2.05, 4.69) is 27.2 Å². The zero-order valence-electron chi connectivity index (χ0n) is 8.98. The third kappa shape index (κ3) is 2.79. The lowest BCUT2D eigenvalue weighted by molar-refractivity contribution is 0.399. The molecule has 2 heterocycles. The fraction of sp³-hybridized carbons (Fsp3) is 0.600.